The summed E-state index contributed by atoms with van der Waals surface area (Å²) in [6.07, 6.45) is 8.26. The van der Waals surface area contributed by atoms with Gasteiger partial charge in [0, 0.05) is 5.92 Å². The standard InChI is InChI=1S/C18H23FN2O/c19-17-9-5-4-8-16(17)18(22)21-12-10-20(11-13-21)14-15-6-2-1-3-7-15/h1-2,4-5,8-9,15H,3,6-7,10-14H2/p+1/t15-/m0/s1. The molecule has 1 aromatic rings. The molecule has 118 valence electrons. The molecule has 4 heteroatoms. The summed E-state index contributed by atoms with van der Waals surface area (Å²) in [6, 6.07) is 6.26. The lowest BCUT2D eigenvalue weighted by atomic mass is 9.94. The molecule has 0 aromatic heterocycles. The van der Waals surface area contributed by atoms with E-state index in [1.807, 2.05) is 0 Å². The molecule has 1 saturated heterocycles. The maximum Gasteiger partial charge on any atom is 0.257 e. The van der Waals surface area contributed by atoms with Gasteiger partial charge in [-0.05, 0) is 31.4 Å². The molecular weight excluding hydrogens is 279 g/mol. The molecule has 1 amide bonds. The highest BCUT2D eigenvalue weighted by atomic mass is 19.1. The van der Waals surface area contributed by atoms with Crippen LogP contribution in [0, 0.1) is 11.7 Å². The molecule has 1 aliphatic carbocycles. The molecule has 3 nitrogen and oxygen atoms in total. The van der Waals surface area contributed by atoms with Gasteiger partial charge in [-0.3, -0.25) is 4.79 Å². The van der Waals surface area contributed by atoms with Crippen LogP contribution in [0.2, 0.25) is 0 Å². The maximum absolute atomic E-state index is 13.7. The van der Waals surface area contributed by atoms with Gasteiger partial charge >= 0.3 is 0 Å². The van der Waals surface area contributed by atoms with Crippen molar-refractivity contribution < 1.29 is 14.1 Å². The van der Waals surface area contributed by atoms with E-state index in [1.165, 1.54) is 31.9 Å². The number of hydrogen-bond donors (Lipinski definition) is 1. The normalized spacial score (nSPS) is 22.8. The Morgan fingerprint density at radius 3 is 2.68 bits per heavy atom. The molecule has 1 atom stereocenters. The Balaban J connectivity index is 1.52. The molecule has 2 aliphatic rings. The van der Waals surface area contributed by atoms with Crippen molar-refractivity contribution in [2.45, 2.75) is 19.3 Å². The second-order valence-electron chi connectivity index (χ2n) is 6.38. The molecule has 1 fully saturated rings. The van der Waals surface area contributed by atoms with Gasteiger partial charge in [-0.2, -0.15) is 0 Å². The highest BCUT2D eigenvalue weighted by molar-refractivity contribution is 5.94. The second-order valence-corrected chi connectivity index (χ2v) is 6.38. The van der Waals surface area contributed by atoms with Gasteiger partial charge in [0.2, 0.25) is 0 Å². The molecular formula is C18H24FN2O+. The first-order chi connectivity index (χ1) is 10.7. The molecule has 1 heterocycles. The van der Waals surface area contributed by atoms with Crippen molar-refractivity contribution >= 4 is 5.91 Å². The molecule has 0 saturated carbocycles. The molecule has 0 radical (unpaired) electrons. The number of rotatable bonds is 3. The smallest absolute Gasteiger partial charge is 0.257 e. The quantitative estimate of drug-likeness (QED) is 0.842. The number of nitrogens with zero attached hydrogens (tertiary/aromatic N) is 1. The minimum atomic E-state index is -0.420. The Labute approximate surface area is 131 Å². The fourth-order valence-electron chi connectivity index (χ4n) is 3.49. The third kappa shape index (κ3) is 3.55. The lowest BCUT2D eigenvalue weighted by Gasteiger charge is -2.34. The van der Waals surface area contributed by atoms with Crippen molar-refractivity contribution in [1.82, 2.24) is 4.90 Å². The minimum absolute atomic E-state index is 0.169. The minimum Gasteiger partial charge on any atom is -0.332 e. The van der Waals surface area contributed by atoms with Gasteiger partial charge in [-0.15, -0.1) is 0 Å². The highest BCUT2D eigenvalue weighted by Gasteiger charge is 2.27. The van der Waals surface area contributed by atoms with E-state index in [1.54, 1.807) is 28.0 Å². The molecule has 1 aromatic carbocycles. The number of nitrogens with one attached hydrogen (secondary N) is 1. The van der Waals surface area contributed by atoms with Crippen LogP contribution in [0.5, 0.6) is 0 Å². The Morgan fingerprint density at radius 2 is 2.00 bits per heavy atom. The summed E-state index contributed by atoms with van der Waals surface area (Å²) in [7, 11) is 0. The van der Waals surface area contributed by atoms with Crippen LogP contribution in [0.4, 0.5) is 4.39 Å². The van der Waals surface area contributed by atoms with Gasteiger partial charge in [0.15, 0.2) is 0 Å². The Kier molecular flexibility index (Phi) is 4.88. The fourth-order valence-corrected chi connectivity index (χ4v) is 3.49. The molecule has 1 aliphatic heterocycles. The van der Waals surface area contributed by atoms with Crippen LogP contribution in [0.25, 0.3) is 0 Å². The van der Waals surface area contributed by atoms with Crippen molar-refractivity contribution in [3.8, 4) is 0 Å². The zero-order valence-corrected chi connectivity index (χ0v) is 12.9. The van der Waals surface area contributed by atoms with E-state index < -0.39 is 5.82 Å². The number of allylic oxidation sites excluding steroid dienone is 2. The van der Waals surface area contributed by atoms with E-state index in [-0.39, 0.29) is 11.5 Å². The third-order valence-electron chi connectivity index (χ3n) is 4.82. The lowest BCUT2D eigenvalue weighted by Crippen LogP contribution is -3.15. The maximum atomic E-state index is 13.7. The first-order valence-electron chi connectivity index (χ1n) is 8.26. The zero-order valence-electron chi connectivity index (χ0n) is 12.9. The van der Waals surface area contributed by atoms with Crippen LogP contribution in [0.3, 0.4) is 0 Å². The van der Waals surface area contributed by atoms with E-state index >= 15 is 0 Å². The molecule has 0 unspecified atom stereocenters. The molecule has 0 bridgehead atoms. The summed E-state index contributed by atoms with van der Waals surface area (Å²) in [5.74, 6) is 0.197. The number of quaternary nitrogens is 1. The van der Waals surface area contributed by atoms with Crippen molar-refractivity contribution in [2.24, 2.45) is 5.92 Å². The van der Waals surface area contributed by atoms with Crippen LogP contribution >= 0.6 is 0 Å². The number of benzene rings is 1. The van der Waals surface area contributed by atoms with Crippen LogP contribution in [-0.2, 0) is 0 Å². The van der Waals surface area contributed by atoms with Crippen molar-refractivity contribution in [1.29, 1.82) is 0 Å². The number of halogens is 1. The Bertz CT molecular complexity index is 550. The van der Waals surface area contributed by atoms with E-state index in [4.69, 9.17) is 0 Å². The highest BCUT2D eigenvalue weighted by Crippen LogP contribution is 2.16. The summed E-state index contributed by atoms with van der Waals surface area (Å²) in [5.41, 5.74) is 0.198. The molecule has 22 heavy (non-hydrogen) atoms. The summed E-state index contributed by atoms with van der Waals surface area (Å²) in [5, 5.41) is 0. The van der Waals surface area contributed by atoms with Crippen LogP contribution in [0.15, 0.2) is 36.4 Å². The second kappa shape index (κ2) is 7.05. The topological polar surface area (TPSA) is 24.8 Å². The summed E-state index contributed by atoms with van der Waals surface area (Å²) < 4.78 is 13.7. The predicted octanol–water partition coefficient (Wildman–Crippen LogP) is 1.52. The number of amides is 1. The van der Waals surface area contributed by atoms with E-state index in [0.717, 1.165) is 32.1 Å². The van der Waals surface area contributed by atoms with Crippen molar-refractivity contribution in [3.63, 3.8) is 0 Å². The van der Waals surface area contributed by atoms with Gasteiger partial charge < -0.3 is 9.80 Å². The van der Waals surface area contributed by atoms with Crippen molar-refractivity contribution in [3.05, 3.63) is 47.8 Å². The van der Waals surface area contributed by atoms with Gasteiger partial charge in [0.1, 0.15) is 5.82 Å². The Morgan fingerprint density at radius 1 is 1.23 bits per heavy atom. The monoisotopic (exact) mass is 303 g/mol. The molecule has 3 rings (SSSR count). The first-order valence-corrected chi connectivity index (χ1v) is 8.26. The fraction of sp³-hybridized carbons (Fsp3) is 0.500. The lowest BCUT2D eigenvalue weighted by molar-refractivity contribution is -0.907. The molecule has 0 spiro atoms. The van der Waals surface area contributed by atoms with E-state index in [2.05, 4.69) is 12.2 Å². The predicted molar refractivity (Wildman–Crippen MR) is 84.3 cm³/mol. The van der Waals surface area contributed by atoms with Gasteiger partial charge in [0.05, 0.1) is 38.3 Å². The average Bonchev–Trinajstić information content (AvgIpc) is 2.56. The number of carbonyl (C=O) groups is 1. The van der Waals surface area contributed by atoms with Crippen LogP contribution in [-0.4, -0.2) is 43.5 Å². The average molecular weight is 303 g/mol. The van der Waals surface area contributed by atoms with Crippen LogP contribution in [0.1, 0.15) is 29.6 Å². The number of piperazine rings is 1. The summed E-state index contributed by atoms with van der Waals surface area (Å²) in [4.78, 5) is 15.8. The van der Waals surface area contributed by atoms with Gasteiger partial charge in [0.25, 0.3) is 5.91 Å². The van der Waals surface area contributed by atoms with E-state index in [9.17, 15) is 9.18 Å². The first kappa shape index (κ1) is 15.2. The van der Waals surface area contributed by atoms with Crippen molar-refractivity contribution in [2.75, 3.05) is 32.7 Å². The number of hydrogen-bond acceptors (Lipinski definition) is 1. The zero-order chi connectivity index (χ0) is 15.4. The van der Waals surface area contributed by atoms with Gasteiger partial charge in [-0.1, -0.05) is 24.3 Å². The third-order valence-corrected chi connectivity index (χ3v) is 4.82. The largest absolute Gasteiger partial charge is 0.332 e. The molecule has 1 N–H and O–H groups in total. The summed E-state index contributed by atoms with van der Waals surface area (Å²) >= 11 is 0. The van der Waals surface area contributed by atoms with Gasteiger partial charge in [-0.25, -0.2) is 4.39 Å². The van der Waals surface area contributed by atoms with Crippen LogP contribution < -0.4 is 4.90 Å². The summed E-state index contributed by atoms with van der Waals surface area (Å²) in [6.45, 7) is 4.60. The van der Waals surface area contributed by atoms with E-state index in [0.29, 0.717) is 0 Å². The Hall–Kier alpha value is -1.68. The number of carbonyl (C=O) groups excluding carboxylic acids is 1. The SMILES string of the molecule is O=C(c1ccccc1F)N1CC[NH+](C[C@H]2CC=CCC2)CC1.